The van der Waals surface area contributed by atoms with Gasteiger partial charge in [0.25, 0.3) is 0 Å². The number of furan rings is 1. The van der Waals surface area contributed by atoms with E-state index in [-0.39, 0.29) is 12.3 Å². The number of hydrogen-bond acceptors (Lipinski definition) is 5. The third kappa shape index (κ3) is 4.44. The molecule has 0 saturated carbocycles. The van der Waals surface area contributed by atoms with Crippen molar-refractivity contribution in [2.45, 2.75) is 12.3 Å². The first-order chi connectivity index (χ1) is 22.3. The molecule has 0 fully saturated rings. The molecule has 0 amide bonds. The zero-order valence-electron chi connectivity index (χ0n) is 24.3. The van der Waals surface area contributed by atoms with Gasteiger partial charge in [0.05, 0.1) is 5.52 Å². The molecule has 0 saturated heterocycles. The fraction of sp³-hybridized carbons (Fsp3) is 0.0500. The second-order valence-corrected chi connectivity index (χ2v) is 11.5. The van der Waals surface area contributed by atoms with Crippen molar-refractivity contribution in [2.75, 3.05) is 0 Å². The number of aromatic nitrogens is 1. The quantitative estimate of drug-likeness (QED) is 0.218. The van der Waals surface area contributed by atoms with Gasteiger partial charge in [-0.1, -0.05) is 109 Å². The monoisotopic (exact) mass is 580 g/mol. The molecule has 2 atom stereocenters. The summed E-state index contributed by atoms with van der Waals surface area (Å²) in [6.07, 6.45) is 1.57. The van der Waals surface area contributed by atoms with E-state index in [1.165, 1.54) is 10.9 Å². The molecule has 9 rings (SSSR count). The van der Waals surface area contributed by atoms with Crippen LogP contribution < -0.4 is 10.6 Å². The van der Waals surface area contributed by atoms with Gasteiger partial charge in [-0.25, -0.2) is 4.99 Å². The lowest BCUT2D eigenvalue weighted by molar-refractivity contribution is 0.409. The molecule has 0 spiro atoms. The summed E-state index contributed by atoms with van der Waals surface area (Å²) >= 11 is 0. The molecule has 214 valence electrons. The van der Waals surface area contributed by atoms with Gasteiger partial charge in [0.15, 0.2) is 0 Å². The van der Waals surface area contributed by atoms with Gasteiger partial charge in [-0.2, -0.15) is 0 Å². The van der Waals surface area contributed by atoms with Gasteiger partial charge in [0.2, 0.25) is 0 Å². The number of amidine groups is 1. The summed E-state index contributed by atoms with van der Waals surface area (Å²) < 4.78 is 6.36. The molecule has 0 bridgehead atoms. The van der Waals surface area contributed by atoms with Gasteiger partial charge < -0.3 is 9.73 Å². The van der Waals surface area contributed by atoms with Crippen LogP contribution in [-0.2, 0) is 0 Å². The topological polar surface area (TPSA) is 62.5 Å². The van der Waals surface area contributed by atoms with Crippen LogP contribution in [0.15, 0.2) is 155 Å². The Morgan fingerprint density at radius 3 is 2.22 bits per heavy atom. The van der Waals surface area contributed by atoms with Crippen LogP contribution in [0, 0.1) is 0 Å². The van der Waals surface area contributed by atoms with Crippen molar-refractivity contribution >= 4 is 49.4 Å². The van der Waals surface area contributed by atoms with Crippen molar-refractivity contribution in [1.29, 1.82) is 0 Å². The summed E-state index contributed by atoms with van der Waals surface area (Å²) in [6, 6.07) is 48.7. The largest absolute Gasteiger partial charge is 0.456 e. The maximum Gasteiger partial charge on any atom is 0.137 e. The predicted octanol–water partition coefficient (Wildman–Crippen LogP) is 9.29. The summed E-state index contributed by atoms with van der Waals surface area (Å²) in [5, 5.41) is 13.0. The molecule has 5 nitrogen and oxygen atoms in total. The molecule has 2 unspecified atom stereocenters. The zero-order valence-corrected chi connectivity index (χ0v) is 24.3. The van der Waals surface area contributed by atoms with Crippen LogP contribution in [0.1, 0.15) is 29.0 Å². The minimum atomic E-state index is -0.173. The zero-order chi connectivity index (χ0) is 29.7. The Hall–Kier alpha value is -5.78. The Labute approximate surface area is 259 Å². The number of benzene rings is 6. The van der Waals surface area contributed by atoms with Crippen molar-refractivity contribution in [3.05, 3.63) is 162 Å². The van der Waals surface area contributed by atoms with E-state index in [9.17, 15) is 0 Å². The fourth-order valence-corrected chi connectivity index (χ4v) is 6.61. The fourth-order valence-electron chi connectivity index (χ4n) is 6.61. The Morgan fingerprint density at radius 2 is 1.36 bits per heavy atom. The second kappa shape index (κ2) is 10.4. The van der Waals surface area contributed by atoms with Crippen LogP contribution in [0.5, 0.6) is 0 Å². The van der Waals surface area contributed by atoms with Crippen molar-refractivity contribution in [1.82, 2.24) is 15.6 Å². The summed E-state index contributed by atoms with van der Waals surface area (Å²) in [6.45, 7) is 0. The lowest BCUT2D eigenvalue weighted by Crippen LogP contribution is -2.44. The summed E-state index contributed by atoms with van der Waals surface area (Å²) in [5.74, 6) is 0.868. The molecule has 3 heterocycles. The van der Waals surface area contributed by atoms with E-state index < -0.39 is 0 Å². The molecule has 0 aliphatic carbocycles. The number of aliphatic imine (C=N–C) groups is 1. The molecule has 8 aromatic rings. The molecule has 45 heavy (non-hydrogen) atoms. The van der Waals surface area contributed by atoms with Crippen LogP contribution in [-0.4, -0.2) is 10.8 Å². The molecule has 1 aliphatic heterocycles. The number of rotatable bonds is 4. The van der Waals surface area contributed by atoms with Gasteiger partial charge in [-0.15, -0.1) is 0 Å². The maximum absolute atomic E-state index is 6.36. The van der Waals surface area contributed by atoms with E-state index in [0.29, 0.717) is 0 Å². The second-order valence-electron chi connectivity index (χ2n) is 11.5. The first-order valence-corrected chi connectivity index (χ1v) is 15.2. The van der Waals surface area contributed by atoms with Crippen LogP contribution in [0.3, 0.4) is 0 Å². The molecular weight excluding hydrogens is 552 g/mol. The van der Waals surface area contributed by atoms with E-state index >= 15 is 0 Å². The SMILES string of the molecule is c1ccc(C2N=C(c3ccc4c(-c5cccc6oc7cc8ncccc8cc7c56)cccc4c3)NC(c3ccccc3)N2)cc1. The van der Waals surface area contributed by atoms with Gasteiger partial charge >= 0.3 is 0 Å². The summed E-state index contributed by atoms with van der Waals surface area (Å²) in [7, 11) is 0. The van der Waals surface area contributed by atoms with Gasteiger partial charge in [0.1, 0.15) is 29.3 Å². The molecular formula is C40H28N4O. The lowest BCUT2D eigenvalue weighted by Gasteiger charge is -2.32. The highest BCUT2D eigenvalue weighted by Gasteiger charge is 2.25. The van der Waals surface area contributed by atoms with E-state index in [1.807, 2.05) is 36.5 Å². The summed E-state index contributed by atoms with van der Waals surface area (Å²) in [4.78, 5) is 9.69. The molecule has 1 aliphatic rings. The minimum absolute atomic E-state index is 0.0795. The maximum atomic E-state index is 6.36. The smallest absolute Gasteiger partial charge is 0.137 e. The van der Waals surface area contributed by atoms with Crippen LogP contribution in [0.25, 0.3) is 54.7 Å². The third-order valence-electron chi connectivity index (χ3n) is 8.78. The van der Waals surface area contributed by atoms with Crippen molar-refractivity contribution in [3.63, 3.8) is 0 Å². The predicted molar refractivity (Wildman–Crippen MR) is 183 cm³/mol. The highest BCUT2D eigenvalue weighted by atomic mass is 16.3. The Morgan fingerprint density at radius 1 is 0.578 bits per heavy atom. The third-order valence-corrected chi connectivity index (χ3v) is 8.78. The number of pyridine rings is 1. The first-order valence-electron chi connectivity index (χ1n) is 15.2. The van der Waals surface area contributed by atoms with E-state index in [2.05, 4.69) is 125 Å². The van der Waals surface area contributed by atoms with E-state index in [0.717, 1.165) is 66.3 Å². The van der Waals surface area contributed by atoms with Crippen LogP contribution in [0.2, 0.25) is 0 Å². The van der Waals surface area contributed by atoms with Gasteiger partial charge in [-0.3, -0.25) is 10.3 Å². The number of fused-ring (bicyclic) bond motifs is 5. The average molecular weight is 581 g/mol. The van der Waals surface area contributed by atoms with Gasteiger partial charge in [0, 0.05) is 34.0 Å². The molecule has 6 aromatic carbocycles. The lowest BCUT2D eigenvalue weighted by atomic mass is 9.93. The minimum Gasteiger partial charge on any atom is -0.456 e. The molecule has 2 N–H and O–H groups in total. The van der Waals surface area contributed by atoms with Crippen LogP contribution >= 0.6 is 0 Å². The number of nitrogens with one attached hydrogen (secondary N) is 2. The first kappa shape index (κ1) is 25.7. The molecule has 2 aromatic heterocycles. The highest BCUT2D eigenvalue weighted by molar-refractivity contribution is 6.17. The highest BCUT2D eigenvalue weighted by Crippen LogP contribution is 2.40. The Bertz CT molecular complexity index is 2400. The molecule has 5 heteroatoms. The molecule has 0 radical (unpaired) electrons. The standard InChI is InChI=1S/C40H28N4O/c1-3-10-25(11-4-1)38-42-39(26-12-5-2-6-13-26)44-40(43-38)29-19-20-30-27(22-29)14-7-16-31(30)32-17-8-18-35-37(32)33-23-28-15-9-21-41-34(28)24-36(33)45-35/h1-24,38-39,42H,(H,43,44). The number of hydrogen-bond donors (Lipinski definition) is 2. The van der Waals surface area contributed by atoms with Crippen molar-refractivity contribution in [3.8, 4) is 11.1 Å². The normalized spacial score (nSPS) is 16.7. The Kier molecular flexibility index (Phi) is 5.96. The van der Waals surface area contributed by atoms with Crippen molar-refractivity contribution in [2.24, 2.45) is 4.99 Å². The number of nitrogens with zero attached hydrogens (tertiary/aromatic N) is 2. The van der Waals surface area contributed by atoms with E-state index in [1.54, 1.807) is 0 Å². The van der Waals surface area contributed by atoms with Gasteiger partial charge in [-0.05, 0) is 57.3 Å². The van der Waals surface area contributed by atoms with Crippen LogP contribution in [0.4, 0.5) is 0 Å². The Balaban J connectivity index is 1.17. The summed E-state index contributed by atoms with van der Waals surface area (Å²) in [5.41, 5.74) is 8.32. The van der Waals surface area contributed by atoms with E-state index in [4.69, 9.17) is 9.41 Å². The van der Waals surface area contributed by atoms with Crippen molar-refractivity contribution < 1.29 is 4.42 Å². The average Bonchev–Trinajstić information content (AvgIpc) is 3.48.